The number of aromatic nitrogens is 1. The maximum Gasteiger partial charge on any atom is 0.0404 e. The molecule has 0 radical (unpaired) electrons. The zero-order chi connectivity index (χ0) is 9.90. The molecule has 0 fully saturated rings. The molecular weight excluding hydrogens is 158 g/mol. The van der Waals surface area contributed by atoms with Gasteiger partial charge in [-0.25, -0.2) is 0 Å². The van der Waals surface area contributed by atoms with Crippen LogP contribution in [0.2, 0.25) is 0 Å². The topological polar surface area (TPSA) is 12.9 Å². The van der Waals surface area contributed by atoms with Crippen molar-refractivity contribution in [2.75, 3.05) is 0 Å². The second-order valence-corrected chi connectivity index (χ2v) is 4.89. The fourth-order valence-corrected chi connectivity index (χ4v) is 1.15. The zero-order valence-electron chi connectivity index (χ0n) is 9.09. The standard InChI is InChI=1S/C12H19N/c1-10-5-6-11(13-9-10)7-8-12(2,3)4/h5-6,9H,7-8H2,1-4H3. The highest BCUT2D eigenvalue weighted by Gasteiger charge is 2.09. The van der Waals surface area contributed by atoms with E-state index in [9.17, 15) is 0 Å². The molecule has 0 amide bonds. The molecule has 13 heavy (non-hydrogen) atoms. The molecule has 0 unspecified atom stereocenters. The monoisotopic (exact) mass is 177 g/mol. The van der Waals surface area contributed by atoms with Crippen molar-refractivity contribution in [3.05, 3.63) is 29.6 Å². The van der Waals surface area contributed by atoms with Gasteiger partial charge in [0.2, 0.25) is 0 Å². The van der Waals surface area contributed by atoms with Crippen LogP contribution in [0.1, 0.15) is 38.4 Å². The van der Waals surface area contributed by atoms with Crippen molar-refractivity contribution in [2.45, 2.75) is 40.5 Å². The van der Waals surface area contributed by atoms with Crippen LogP contribution in [0.5, 0.6) is 0 Å². The summed E-state index contributed by atoms with van der Waals surface area (Å²) in [5.74, 6) is 0. The SMILES string of the molecule is Cc1ccc(CCC(C)(C)C)nc1. The van der Waals surface area contributed by atoms with Crippen LogP contribution < -0.4 is 0 Å². The summed E-state index contributed by atoms with van der Waals surface area (Å²) in [7, 11) is 0. The van der Waals surface area contributed by atoms with Gasteiger partial charge in [0, 0.05) is 11.9 Å². The molecule has 0 bridgehead atoms. The Balaban J connectivity index is 2.51. The molecule has 0 atom stereocenters. The van der Waals surface area contributed by atoms with E-state index < -0.39 is 0 Å². The Morgan fingerprint density at radius 2 is 1.92 bits per heavy atom. The van der Waals surface area contributed by atoms with Gasteiger partial charge >= 0.3 is 0 Å². The lowest BCUT2D eigenvalue weighted by Crippen LogP contribution is -2.06. The average Bonchev–Trinajstić information content (AvgIpc) is 2.02. The molecule has 0 saturated carbocycles. The summed E-state index contributed by atoms with van der Waals surface area (Å²) in [5.41, 5.74) is 2.85. The third-order valence-corrected chi connectivity index (χ3v) is 2.10. The molecule has 1 rings (SSSR count). The highest BCUT2D eigenvalue weighted by atomic mass is 14.7. The van der Waals surface area contributed by atoms with Crippen LogP contribution in [-0.2, 0) is 6.42 Å². The minimum Gasteiger partial charge on any atom is -0.261 e. The van der Waals surface area contributed by atoms with Crippen molar-refractivity contribution in [2.24, 2.45) is 5.41 Å². The van der Waals surface area contributed by atoms with Crippen molar-refractivity contribution in [1.29, 1.82) is 0 Å². The smallest absolute Gasteiger partial charge is 0.0404 e. The molecular formula is C12H19N. The fraction of sp³-hybridized carbons (Fsp3) is 0.583. The van der Waals surface area contributed by atoms with Gasteiger partial charge in [0.1, 0.15) is 0 Å². The van der Waals surface area contributed by atoms with Crippen molar-refractivity contribution in [3.63, 3.8) is 0 Å². The normalized spacial score (nSPS) is 11.7. The first-order chi connectivity index (χ1) is 5.97. The second-order valence-electron chi connectivity index (χ2n) is 4.89. The number of hydrogen-bond acceptors (Lipinski definition) is 1. The lowest BCUT2D eigenvalue weighted by Gasteiger charge is -2.17. The molecule has 0 spiro atoms. The number of aryl methyl sites for hydroxylation is 2. The highest BCUT2D eigenvalue weighted by molar-refractivity contribution is 5.12. The minimum atomic E-state index is 0.409. The molecule has 0 aliphatic rings. The van der Waals surface area contributed by atoms with Crippen molar-refractivity contribution >= 4 is 0 Å². The quantitative estimate of drug-likeness (QED) is 0.675. The van der Waals surface area contributed by atoms with E-state index in [2.05, 4.69) is 44.8 Å². The Bertz CT molecular complexity index is 253. The third-order valence-electron chi connectivity index (χ3n) is 2.10. The van der Waals surface area contributed by atoms with E-state index in [1.807, 2.05) is 6.20 Å². The lowest BCUT2D eigenvalue weighted by molar-refractivity contribution is 0.376. The number of rotatable bonds is 2. The summed E-state index contributed by atoms with van der Waals surface area (Å²) in [6.45, 7) is 8.87. The number of hydrogen-bond donors (Lipinski definition) is 0. The van der Waals surface area contributed by atoms with Gasteiger partial charge in [0.15, 0.2) is 0 Å². The molecule has 1 nitrogen and oxygen atoms in total. The average molecular weight is 177 g/mol. The van der Waals surface area contributed by atoms with Gasteiger partial charge in [0.05, 0.1) is 0 Å². The Morgan fingerprint density at radius 1 is 1.23 bits per heavy atom. The molecule has 72 valence electrons. The van der Waals surface area contributed by atoms with Crippen LogP contribution in [0.4, 0.5) is 0 Å². The Morgan fingerprint density at radius 3 is 2.38 bits per heavy atom. The predicted octanol–water partition coefficient (Wildman–Crippen LogP) is 3.37. The second kappa shape index (κ2) is 3.91. The first-order valence-electron chi connectivity index (χ1n) is 4.89. The Labute approximate surface area is 81.2 Å². The summed E-state index contributed by atoms with van der Waals surface area (Å²) in [6, 6.07) is 4.26. The molecule has 1 aromatic heterocycles. The van der Waals surface area contributed by atoms with Crippen LogP contribution in [0.15, 0.2) is 18.3 Å². The minimum absolute atomic E-state index is 0.409. The summed E-state index contributed by atoms with van der Waals surface area (Å²) < 4.78 is 0. The van der Waals surface area contributed by atoms with E-state index in [0.717, 1.165) is 6.42 Å². The molecule has 0 saturated heterocycles. The molecule has 0 aromatic carbocycles. The molecule has 0 aliphatic heterocycles. The molecule has 1 aromatic rings. The number of nitrogens with zero attached hydrogens (tertiary/aromatic N) is 1. The third kappa shape index (κ3) is 4.07. The maximum absolute atomic E-state index is 4.38. The Hall–Kier alpha value is -0.850. The van der Waals surface area contributed by atoms with E-state index >= 15 is 0 Å². The van der Waals surface area contributed by atoms with Crippen LogP contribution in [0.25, 0.3) is 0 Å². The maximum atomic E-state index is 4.38. The predicted molar refractivity (Wildman–Crippen MR) is 56.8 cm³/mol. The molecule has 1 heteroatoms. The Kier molecular flexibility index (Phi) is 3.07. The van der Waals surface area contributed by atoms with Crippen LogP contribution in [-0.4, -0.2) is 4.98 Å². The molecule has 1 heterocycles. The first-order valence-corrected chi connectivity index (χ1v) is 4.89. The summed E-state index contributed by atoms with van der Waals surface area (Å²) >= 11 is 0. The van der Waals surface area contributed by atoms with E-state index in [1.54, 1.807) is 0 Å². The van der Waals surface area contributed by atoms with Crippen LogP contribution >= 0.6 is 0 Å². The van der Waals surface area contributed by atoms with Gasteiger partial charge < -0.3 is 0 Å². The van der Waals surface area contributed by atoms with Crippen molar-refractivity contribution in [3.8, 4) is 0 Å². The van der Waals surface area contributed by atoms with Gasteiger partial charge in [0.25, 0.3) is 0 Å². The largest absolute Gasteiger partial charge is 0.261 e. The summed E-state index contributed by atoms with van der Waals surface area (Å²) in [6.07, 6.45) is 4.23. The summed E-state index contributed by atoms with van der Waals surface area (Å²) in [5, 5.41) is 0. The van der Waals surface area contributed by atoms with E-state index in [1.165, 1.54) is 17.7 Å². The van der Waals surface area contributed by atoms with E-state index in [4.69, 9.17) is 0 Å². The van der Waals surface area contributed by atoms with Crippen molar-refractivity contribution in [1.82, 2.24) is 4.98 Å². The van der Waals surface area contributed by atoms with Gasteiger partial charge in [-0.05, 0) is 36.8 Å². The van der Waals surface area contributed by atoms with Crippen LogP contribution in [0.3, 0.4) is 0 Å². The van der Waals surface area contributed by atoms with Crippen LogP contribution in [0, 0.1) is 12.3 Å². The van der Waals surface area contributed by atoms with Gasteiger partial charge in [-0.15, -0.1) is 0 Å². The number of pyridine rings is 1. The lowest BCUT2D eigenvalue weighted by atomic mass is 9.90. The zero-order valence-corrected chi connectivity index (χ0v) is 9.09. The summed E-state index contributed by atoms with van der Waals surface area (Å²) in [4.78, 5) is 4.38. The van der Waals surface area contributed by atoms with Crippen molar-refractivity contribution < 1.29 is 0 Å². The van der Waals surface area contributed by atoms with Gasteiger partial charge in [-0.3, -0.25) is 4.98 Å². The van der Waals surface area contributed by atoms with E-state index in [-0.39, 0.29) is 0 Å². The first kappa shape index (κ1) is 10.2. The highest BCUT2D eigenvalue weighted by Crippen LogP contribution is 2.20. The van der Waals surface area contributed by atoms with E-state index in [0.29, 0.717) is 5.41 Å². The van der Waals surface area contributed by atoms with Gasteiger partial charge in [-0.1, -0.05) is 26.8 Å². The molecule has 0 N–H and O–H groups in total. The fourth-order valence-electron chi connectivity index (χ4n) is 1.15. The molecule has 0 aliphatic carbocycles. The van der Waals surface area contributed by atoms with Gasteiger partial charge in [-0.2, -0.15) is 0 Å².